The predicted molar refractivity (Wildman–Crippen MR) is 116 cm³/mol. The van der Waals surface area contributed by atoms with E-state index in [0.29, 0.717) is 18.7 Å². The van der Waals surface area contributed by atoms with Crippen LogP contribution in [-0.2, 0) is 0 Å². The van der Waals surface area contributed by atoms with Gasteiger partial charge in [0.15, 0.2) is 5.82 Å². The first-order valence-corrected chi connectivity index (χ1v) is 10.0. The minimum absolute atomic E-state index is 0.0633. The molecule has 2 N–H and O–H groups in total. The average Bonchev–Trinajstić information content (AvgIpc) is 3.19. The summed E-state index contributed by atoms with van der Waals surface area (Å²) in [5.74, 6) is 1.84. The van der Waals surface area contributed by atoms with Gasteiger partial charge in [-0.25, -0.2) is 4.98 Å². The van der Waals surface area contributed by atoms with Crippen molar-refractivity contribution in [3.8, 4) is 5.75 Å². The molecule has 0 aliphatic carbocycles. The molecule has 1 aliphatic heterocycles. The highest BCUT2D eigenvalue weighted by atomic mass is 16.5. The molecule has 7 nitrogen and oxygen atoms in total. The summed E-state index contributed by atoms with van der Waals surface area (Å²) < 4.78 is 5.39. The quantitative estimate of drug-likeness (QED) is 0.696. The van der Waals surface area contributed by atoms with E-state index in [2.05, 4.69) is 27.1 Å². The van der Waals surface area contributed by atoms with Crippen molar-refractivity contribution in [3.63, 3.8) is 0 Å². The number of amides is 1. The smallest absolute Gasteiger partial charge is 0.256 e. The maximum absolute atomic E-state index is 13.2. The van der Waals surface area contributed by atoms with Gasteiger partial charge in [-0.15, -0.1) is 0 Å². The molecule has 3 aromatic rings. The van der Waals surface area contributed by atoms with E-state index >= 15 is 0 Å². The van der Waals surface area contributed by atoms with Gasteiger partial charge in [-0.05, 0) is 38.1 Å². The first-order chi connectivity index (χ1) is 14.1. The number of benzene rings is 1. The lowest BCUT2D eigenvalue weighted by Crippen LogP contribution is -2.49. The number of hydrogen-bond acceptors (Lipinski definition) is 5. The van der Waals surface area contributed by atoms with Crippen molar-refractivity contribution in [1.29, 1.82) is 0 Å². The number of pyridine rings is 1. The fourth-order valence-electron chi connectivity index (χ4n) is 3.99. The van der Waals surface area contributed by atoms with Crippen LogP contribution in [0.3, 0.4) is 0 Å². The number of aryl methyl sites for hydroxylation is 1. The number of carbonyl (C=O) groups is 1. The highest BCUT2D eigenvalue weighted by Gasteiger charge is 2.26. The summed E-state index contributed by atoms with van der Waals surface area (Å²) in [5.41, 5.74) is 3.72. The Bertz CT molecular complexity index is 1020. The summed E-state index contributed by atoms with van der Waals surface area (Å²) in [6.07, 6.45) is 3.63. The molecule has 2 aromatic heterocycles. The summed E-state index contributed by atoms with van der Waals surface area (Å²) in [6, 6.07) is 7.86. The fourth-order valence-corrected chi connectivity index (χ4v) is 3.99. The number of nitrogens with zero attached hydrogens (tertiary/aromatic N) is 3. The molecule has 1 aliphatic rings. The highest BCUT2D eigenvalue weighted by Crippen LogP contribution is 2.30. The topological polar surface area (TPSA) is 73.5 Å². The van der Waals surface area contributed by atoms with Crippen LogP contribution in [0.1, 0.15) is 22.8 Å². The molecular formula is C22H27N5O2. The summed E-state index contributed by atoms with van der Waals surface area (Å²) >= 11 is 0. The highest BCUT2D eigenvalue weighted by molar-refractivity contribution is 6.07. The van der Waals surface area contributed by atoms with Crippen molar-refractivity contribution in [2.75, 3.05) is 50.1 Å². The zero-order valence-electron chi connectivity index (χ0n) is 17.2. The van der Waals surface area contributed by atoms with Gasteiger partial charge in [0.1, 0.15) is 5.75 Å². The van der Waals surface area contributed by atoms with Crippen LogP contribution in [-0.4, -0.2) is 60.6 Å². The van der Waals surface area contributed by atoms with Gasteiger partial charge in [-0.1, -0.05) is 0 Å². The standard InChI is InChI=1S/C22H27N5O2/c1-4-23-18-6-5-9-24-21(18)26-10-12-27(13-11-26)22(28)17-14-25-20-15(2)19(29-3)8-7-16(17)20/h5-9,14,23,25H,4,10-13H2,1-3H3. The Morgan fingerprint density at radius 1 is 1.24 bits per heavy atom. The lowest BCUT2D eigenvalue weighted by Gasteiger charge is -2.36. The molecule has 1 amide bonds. The number of carbonyl (C=O) groups excluding carboxylic acids is 1. The number of fused-ring (bicyclic) bond motifs is 1. The molecule has 3 heterocycles. The normalized spacial score (nSPS) is 14.3. The Balaban J connectivity index is 1.50. The SMILES string of the molecule is CCNc1cccnc1N1CCN(C(=O)c2c[nH]c3c(C)c(OC)ccc23)CC1. The van der Waals surface area contributed by atoms with E-state index in [9.17, 15) is 4.79 Å². The van der Waals surface area contributed by atoms with Crippen LogP contribution in [0.25, 0.3) is 10.9 Å². The molecule has 1 fully saturated rings. The lowest BCUT2D eigenvalue weighted by molar-refractivity contribution is 0.0748. The summed E-state index contributed by atoms with van der Waals surface area (Å²) in [6.45, 7) is 7.78. The molecule has 1 aromatic carbocycles. The number of methoxy groups -OCH3 is 1. The number of ether oxygens (including phenoxy) is 1. The molecule has 0 saturated carbocycles. The van der Waals surface area contributed by atoms with E-state index < -0.39 is 0 Å². The van der Waals surface area contributed by atoms with Crippen LogP contribution in [0.15, 0.2) is 36.7 Å². The second-order valence-electron chi connectivity index (χ2n) is 7.20. The third kappa shape index (κ3) is 3.48. The van der Waals surface area contributed by atoms with Crippen LogP contribution in [0.4, 0.5) is 11.5 Å². The van der Waals surface area contributed by atoms with Gasteiger partial charge in [-0.3, -0.25) is 4.79 Å². The monoisotopic (exact) mass is 393 g/mol. The minimum Gasteiger partial charge on any atom is -0.496 e. The van der Waals surface area contributed by atoms with Gasteiger partial charge < -0.3 is 24.8 Å². The Hall–Kier alpha value is -3.22. The summed E-state index contributed by atoms with van der Waals surface area (Å²) in [5, 5.41) is 4.31. The molecule has 1 saturated heterocycles. The molecular weight excluding hydrogens is 366 g/mol. The van der Waals surface area contributed by atoms with Crippen molar-refractivity contribution >= 4 is 28.3 Å². The van der Waals surface area contributed by atoms with Crippen LogP contribution < -0.4 is 15.0 Å². The van der Waals surface area contributed by atoms with E-state index in [-0.39, 0.29) is 5.91 Å². The molecule has 0 radical (unpaired) electrons. The van der Waals surface area contributed by atoms with E-state index in [0.717, 1.165) is 53.4 Å². The van der Waals surface area contributed by atoms with Gasteiger partial charge in [0.25, 0.3) is 5.91 Å². The van der Waals surface area contributed by atoms with Crippen molar-refractivity contribution in [2.45, 2.75) is 13.8 Å². The van der Waals surface area contributed by atoms with Crippen LogP contribution >= 0.6 is 0 Å². The zero-order chi connectivity index (χ0) is 20.4. The number of aromatic amines is 1. The maximum Gasteiger partial charge on any atom is 0.256 e. The van der Waals surface area contributed by atoms with Crippen molar-refractivity contribution in [1.82, 2.24) is 14.9 Å². The largest absolute Gasteiger partial charge is 0.496 e. The third-order valence-corrected chi connectivity index (χ3v) is 5.54. The molecule has 4 rings (SSSR count). The average molecular weight is 393 g/mol. The van der Waals surface area contributed by atoms with Crippen LogP contribution in [0, 0.1) is 6.92 Å². The van der Waals surface area contributed by atoms with Crippen molar-refractivity contribution < 1.29 is 9.53 Å². The summed E-state index contributed by atoms with van der Waals surface area (Å²) in [4.78, 5) is 25.2. The number of H-pyrrole nitrogens is 1. The van der Waals surface area contributed by atoms with Gasteiger partial charge >= 0.3 is 0 Å². The van der Waals surface area contributed by atoms with Crippen LogP contribution in [0.2, 0.25) is 0 Å². The molecule has 152 valence electrons. The molecule has 29 heavy (non-hydrogen) atoms. The Morgan fingerprint density at radius 3 is 2.76 bits per heavy atom. The van der Waals surface area contributed by atoms with Gasteiger partial charge in [-0.2, -0.15) is 0 Å². The maximum atomic E-state index is 13.2. The number of rotatable bonds is 5. The number of hydrogen-bond donors (Lipinski definition) is 2. The van der Waals surface area contributed by atoms with Crippen molar-refractivity contribution in [2.24, 2.45) is 0 Å². The van der Waals surface area contributed by atoms with Gasteiger partial charge in [0, 0.05) is 56.1 Å². The number of piperazine rings is 1. The van der Waals surface area contributed by atoms with E-state index in [1.165, 1.54) is 0 Å². The second kappa shape index (κ2) is 8.03. The predicted octanol–water partition coefficient (Wildman–Crippen LogP) is 3.27. The van der Waals surface area contributed by atoms with E-state index in [1.54, 1.807) is 7.11 Å². The Kier molecular flexibility index (Phi) is 5.29. The molecule has 0 spiro atoms. The van der Waals surface area contributed by atoms with E-state index in [1.807, 2.05) is 48.5 Å². The zero-order valence-corrected chi connectivity index (χ0v) is 17.2. The second-order valence-corrected chi connectivity index (χ2v) is 7.20. The Labute approximate surface area is 170 Å². The lowest BCUT2D eigenvalue weighted by atomic mass is 10.1. The first kappa shape index (κ1) is 19.1. The number of aromatic nitrogens is 2. The third-order valence-electron chi connectivity index (χ3n) is 5.54. The molecule has 0 atom stereocenters. The van der Waals surface area contributed by atoms with E-state index in [4.69, 9.17) is 4.74 Å². The van der Waals surface area contributed by atoms with Crippen molar-refractivity contribution in [3.05, 3.63) is 47.8 Å². The molecule has 7 heteroatoms. The number of nitrogens with one attached hydrogen (secondary N) is 2. The minimum atomic E-state index is 0.0633. The Morgan fingerprint density at radius 2 is 2.03 bits per heavy atom. The number of anilines is 2. The summed E-state index contributed by atoms with van der Waals surface area (Å²) in [7, 11) is 1.66. The fraction of sp³-hybridized carbons (Fsp3) is 0.364. The molecule has 0 unspecified atom stereocenters. The van der Waals surface area contributed by atoms with Crippen LogP contribution in [0.5, 0.6) is 5.75 Å². The first-order valence-electron chi connectivity index (χ1n) is 10.0. The van der Waals surface area contributed by atoms with Gasteiger partial charge in [0.05, 0.1) is 23.9 Å². The molecule has 0 bridgehead atoms. The van der Waals surface area contributed by atoms with Gasteiger partial charge in [0.2, 0.25) is 0 Å².